The van der Waals surface area contributed by atoms with Crippen molar-refractivity contribution in [2.75, 3.05) is 18.3 Å². The van der Waals surface area contributed by atoms with E-state index >= 15 is 0 Å². The number of anilines is 1. The first-order chi connectivity index (χ1) is 12.3. The van der Waals surface area contributed by atoms with Crippen molar-refractivity contribution in [3.05, 3.63) is 58.6 Å². The molecule has 2 rings (SSSR count). The second-order valence-corrected chi connectivity index (χ2v) is 8.22. The van der Waals surface area contributed by atoms with E-state index in [1.54, 1.807) is 49.2 Å². The molecule has 0 aliphatic heterocycles. The Morgan fingerprint density at radius 2 is 1.88 bits per heavy atom. The summed E-state index contributed by atoms with van der Waals surface area (Å²) in [6.45, 7) is 4.42. The van der Waals surface area contributed by atoms with Crippen LogP contribution in [0.5, 0.6) is 0 Å². The van der Waals surface area contributed by atoms with Crippen molar-refractivity contribution in [1.82, 2.24) is 4.90 Å². The molecule has 1 amide bonds. The lowest BCUT2D eigenvalue weighted by Crippen LogP contribution is -2.28. The monoisotopic (exact) mass is 394 g/mol. The molecule has 0 unspecified atom stereocenters. The minimum atomic E-state index is -3.83. The highest BCUT2D eigenvalue weighted by atomic mass is 35.5. The molecule has 0 aromatic heterocycles. The van der Waals surface area contributed by atoms with Crippen LogP contribution in [0, 0.1) is 6.92 Å². The third-order valence-corrected chi connectivity index (χ3v) is 5.87. The SMILES string of the molecule is CCCCN(C)C(=O)c1cccc(S(=O)(=O)Nc2cccc(Cl)c2C)c1. The molecule has 0 saturated heterocycles. The van der Waals surface area contributed by atoms with Gasteiger partial charge in [-0.15, -0.1) is 0 Å². The van der Waals surface area contributed by atoms with E-state index < -0.39 is 10.0 Å². The van der Waals surface area contributed by atoms with Gasteiger partial charge in [-0.3, -0.25) is 9.52 Å². The molecule has 5 nitrogen and oxygen atoms in total. The molecule has 0 aliphatic carbocycles. The summed E-state index contributed by atoms with van der Waals surface area (Å²) in [6.07, 6.45) is 1.88. The summed E-state index contributed by atoms with van der Waals surface area (Å²) < 4.78 is 27.9. The third-order valence-electron chi connectivity index (χ3n) is 4.10. The van der Waals surface area contributed by atoms with Gasteiger partial charge in [-0.1, -0.05) is 37.1 Å². The number of halogens is 1. The van der Waals surface area contributed by atoms with E-state index in [1.165, 1.54) is 12.1 Å². The third kappa shape index (κ3) is 4.77. The molecule has 140 valence electrons. The van der Waals surface area contributed by atoms with Gasteiger partial charge in [0.15, 0.2) is 0 Å². The van der Waals surface area contributed by atoms with Gasteiger partial charge < -0.3 is 4.90 Å². The number of carbonyl (C=O) groups excluding carboxylic acids is 1. The maximum atomic E-state index is 12.7. The summed E-state index contributed by atoms with van der Waals surface area (Å²) in [5.41, 5.74) is 1.40. The van der Waals surface area contributed by atoms with Crippen LogP contribution in [0.4, 0.5) is 5.69 Å². The van der Waals surface area contributed by atoms with Crippen LogP contribution in [0.3, 0.4) is 0 Å². The van der Waals surface area contributed by atoms with Crippen LogP contribution in [0.25, 0.3) is 0 Å². The van der Waals surface area contributed by atoms with Crippen molar-refractivity contribution in [2.24, 2.45) is 0 Å². The number of amides is 1. The van der Waals surface area contributed by atoms with E-state index in [1.807, 2.05) is 0 Å². The lowest BCUT2D eigenvalue weighted by Gasteiger charge is -2.17. The molecule has 2 aromatic rings. The van der Waals surface area contributed by atoms with Gasteiger partial charge in [-0.05, 0) is 49.2 Å². The predicted octanol–water partition coefficient (Wildman–Crippen LogP) is 4.32. The zero-order valence-corrected chi connectivity index (χ0v) is 16.7. The Kier molecular flexibility index (Phi) is 6.67. The number of nitrogens with zero attached hydrogens (tertiary/aromatic N) is 1. The summed E-state index contributed by atoms with van der Waals surface area (Å²) in [4.78, 5) is 14.1. The number of carbonyl (C=O) groups is 1. The van der Waals surface area contributed by atoms with Crippen LogP contribution < -0.4 is 4.72 Å². The van der Waals surface area contributed by atoms with E-state index in [2.05, 4.69) is 11.6 Å². The molecular weight excluding hydrogens is 372 g/mol. The van der Waals surface area contributed by atoms with Crippen LogP contribution in [0.2, 0.25) is 5.02 Å². The molecule has 0 saturated carbocycles. The van der Waals surface area contributed by atoms with Crippen LogP contribution in [-0.2, 0) is 10.0 Å². The van der Waals surface area contributed by atoms with E-state index in [0.717, 1.165) is 12.8 Å². The fourth-order valence-electron chi connectivity index (χ4n) is 2.44. The summed E-state index contributed by atoms with van der Waals surface area (Å²) in [5.74, 6) is -0.200. The number of benzene rings is 2. The number of unbranched alkanes of at least 4 members (excludes halogenated alkanes) is 1. The highest BCUT2D eigenvalue weighted by Gasteiger charge is 2.19. The van der Waals surface area contributed by atoms with Gasteiger partial charge in [0.05, 0.1) is 10.6 Å². The first kappa shape index (κ1) is 20.3. The molecular formula is C19H23ClN2O3S. The van der Waals surface area contributed by atoms with Crippen molar-refractivity contribution in [1.29, 1.82) is 0 Å². The first-order valence-corrected chi connectivity index (χ1v) is 10.3. The lowest BCUT2D eigenvalue weighted by molar-refractivity contribution is 0.0793. The van der Waals surface area contributed by atoms with Crippen molar-refractivity contribution < 1.29 is 13.2 Å². The average molecular weight is 395 g/mol. The number of rotatable bonds is 7. The van der Waals surface area contributed by atoms with Crippen LogP contribution >= 0.6 is 11.6 Å². The fourth-order valence-corrected chi connectivity index (χ4v) is 3.78. The van der Waals surface area contributed by atoms with Gasteiger partial charge in [0.1, 0.15) is 0 Å². The topological polar surface area (TPSA) is 66.5 Å². The Bertz CT molecular complexity index is 897. The van der Waals surface area contributed by atoms with E-state index in [9.17, 15) is 13.2 Å². The molecule has 0 spiro atoms. The van der Waals surface area contributed by atoms with E-state index in [0.29, 0.717) is 28.4 Å². The molecule has 1 N–H and O–H groups in total. The highest BCUT2D eigenvalue weighted by Crippen LogP contribution is 2.25. The molecule has 26 heavy (non-hydrogen) atoms. The summed E-state index contributed by atoms with van der Waals surface area (Å²) >= 11 is 6.05. The van der Waals surface area contributed by atoms with Gasteiger partial charge in [0.25, 0.3) is 15.9 Å². The molecule has 0 atom stereocenters. The maximum absolute atomic E-state index is 12.7. The van der Waals surface area contributed by atoms with Gasteiger partial charge in [0.2, 0.25) is 0 Å². The van der Waals surface area contributed by atoms with Crippen LogP contribution in [0.15, 0.2) is 47.4 Å². The van der Waals surface area contributed by atoms with Gasteiger partial charge in [-0.25, -0.2) is 8.42 Å². The summed E-state index contributed by atoms with van der Waals surface area (Å²) in [5, 5.41) is 0.478. The second kappa shape index (κ2) is 8.56. The summed E-state index contributed by atoms with van der Waals surface area (Å²) in [7, 11) is -2.12. The molecule has 0 radical (unpaired) electrons. The Hall–Kier alpha value is -2.05. The first-order valence-electron chi connectivity index (χ1n) is 8.39. The zero-order valence-electron chi connectivity index (χ0n) is 15.1. The molecule has 0 heterocycles. The van der Waals surface area contributed by atoms with Gasteiger partial charge in [-0.2, -0.15) is 0 Å². The highest BCUT2D eigenvalue weighted by molar-refractivity contribution is 7.92. The Morgan fingerprint density at radius 3 is 2.58 bits per heavy atom. The minimum Gasteiger partial charge on any atom is -0.342 e. The molecule has 0 bridgehead atoms. The largest absolute Gasteiger partial charge is 0.342 e. The second-order valence-electron chi connectivity index (χ2n) is 6.13. The van der Waals surface area contributed by atoms with E-state index in [-0.39, 0.29) is 10.8 Å². The van der Waals surface area contributed by atoms with Crippen molar-refractivity contribution in [3.8, 4) is 0 Å². The Morgan fingerprint density at radius 1 is 1.19 bits per heavy atom. The standard InChI is InChI=1S/C19H23ClN2O3S/c1-4-5-12-22(3)19(23)15-8-6-9-16(13-15)26(24,25)21-18-11-7-10-17(20)14(18)2/h6-11,13,21H,4-5,12H2,1-3H3. The Balaban J connectivity index is 2.28. The molecule has 0 fully saturated rings. The predicted molar refractivity (Wildman–Crippen MR) is 105 cm³/mol. The minimum absolute atomic E-state index is 0.0339. The quantitative estimate of drug-likeness (QED) is 0.760. The number of hydrogen-bond acceptors (Lipinski definition) is 3. The molecule has 7 heteroatoms. The van der Waals surface area contributed by atoms with Crippen molar-refractivity contribution in [2.45, 2.75) is 31.6 Å². The van der Waals surface area contributed by atoms with Crippen LogP contribution in [0.1, 0.15) is 35.7 Å². The molecule has 2 aromatic carbocycles. The van der Waals surface area contributed by atoms with Crippen molar-refractivity contribution in [3.63, 3.8) is 0 Å². The van der Waals surface area contributed by atoms with Gasteiger partial charge >= 0.3 is 0 Å². The Labute approximate surface area is 160 Å². The number of nitrogens with one attached hydrogen (secondary N) is 1. The zero-order chi connectivity index (χ0) is 19.3. The molecule has 0 aliphatic rings. The van der Waals surface area contributed by atoms with Crippen molar-refractivity contribution >= 4 is 33.2 Å². The smallest absolute Gasteiger partial charge is 0.261 e. The van der Waals surface area contributed by atoms with E-state index in [4.69, 9.17) is 11.6 Å². The van der Waals surface area contributed by atoms with Gasteiger partial charge in [0, 0.05) is 24.2 Å². The van der Waals surface area contributed by atoms with Crippen LogP contribution in [-0.4, -0.2) is 32.8 Å². The number of hydrogen-bond donors (Lipinski definition) is 1. The normalized spacial score (nSPS) is 11.2. The maximum Gasteiger partial charge on any atom is 0.261 e. The fraction of sp³-hybridized carbons (Fsp3) is 0.316. The number of sulfonamides is 1. The lowest BCUT2D eigenvalue weighted by atomic mass is 10.2. The average Bonchev–Trinajstić information content (AvgIpc) is 2.63. The summed E-state index contributed by atoms with van der Waals surface area (Å²) in [6, 6.07) is 11.1.